The molecule has 0 heterocycles. The number of benzene rings is 1. The topological polar surface area (TPSA) is 111 Å². The Bertz CT molecular complexity index is 584. The molecule has 0 amide bonds. The predicted molar refractivity (Wildman–Crippen MR) is 75.3 cm³/mol. The van der Waals surface area contributed by atoms with E-state index in [-0.39, 0.29) is 18.2 Å². The molecule has 0 fully saturated rings. The highest BCUT2D eigenvalue weighted by Gasteiger charge is 2.07. The first-order valence-corrected chi connectivity index (χ1v) is 7.89. The molecule has 0 aliphatic carbocycles. The average Bonchev–Trinajstić information content (AvgIpc) is 2.41. The zero-order chi connectivity index (χ0) is 15.2. The lowest BCUT2D eigenvalue weighted by atomic mass is 10.2. The SMILES string of the molecule is COc1cc(OCCCS(C)(=O)=O)cc(/C(N)=N/O)c1. The van der Waals surface area contributed by atoms with Crippen LogP contribution in [-0.4, -0.2) is 45.2 Å². The van der Waals surface area contributed by atoms with E-state index in [1.807, 2.05) is 0 Å². The van der Waals surface area contributed by atoms with Crippen LogP contribution in [0.1, 0.15) is 12.0 Å². The van der Waals surface area contributed by atoms with E-state index in [4.69, 9.17) is 20.4 Å². The van der Waals surface area contributed by atoms with Gasteiger partial charge in [-0.2, -0.15) is 0 Å². The van der Waals surface area contributed by atoms with Crippen LogP contribution in [0.25, 0.3) is 0 Å². The van der Waals surface area contributed by atoms with Gasteiger partial charge in [0.2, 0.25) is 0 Å². The maximum absolute atomic E-state index is 11.0. The van der Waals surface area contributed by atoms with Gasteiger partial charge >= 0.3 is 0 Å². The number of ether oxygens (including phenoxy) is 2. The molecule has 0 aliphatic rings. The molecular weight excluding hydrogens is 284 g/mol. The zero-order valence-electron chi connectivity index (χ0n) is 11.4. The van der Waals surface area contributed by atoms with Crippen LogP contribution < -0.4 is 15.2 Å². The summed E-state index contributed by atoms with van der Waals surface area (Å²) in [6, 6.07) is 4.81. The van der Waals surface area contributed by atoms with Gasteiger partial charge in [0, 0.05) is 17.9 Å². The van der Waals surface area contributed by atoms with Gasteiger partial charge in [-0.3, -0.25) is 0 Å². The second-order valence-electron chi connectivity index (χ2n) is 4.21. The van der Waals surface area contributed by atoms with Gasteiger partial charge < -0.3 is 20.4 Å². The summed E-state index contributed by atoms with van der Waals surface area (Å²) in [5.41, 5.74) is 5.96. The third kappa shape index (κ3) is 5.35. The van der Waals surface area contributed by atoms with E-state index >= 15 is 0 Å². The Balaban J connectivity index is 2.74. The Morgan fingerprint density at radius 2 is 2.00 bits per heavy atom. The fourth-order valence-electron chi connectivity index (χ4n) is 1.49. The molecule has 0 unspecified atom stereocenters. The summed E-state index contributed by atoms with van der Waals surface area (Å²) in [6.45, 7) is 0.246. The van der Waals surface area contributed by atoms with Crippen LogP contribution in [-0.2, 0) is 9.84 Å². The van der Waals surface area contributed by atoms with Crippen LogP contribution >= 0.6 is 0 Å². The molecule has 8 heteroatoms. The van der Waals surface area contributed by atoms with Crippen molar-refractivity contribution < 1.29 is 23.1 Å². The lowest BCUT2D eigenvalue weighted by Crippen LogP contribution is -2.13. The Hall–Kier alpha value is -1.96. The number of hydrogen-bond acceptors (Lipinski definition) is 6. The van der Waals surface area contributed by atoms with Crippen molar-refractivity contribution in [3.8, 4) is 11.5 Å². The first-order valence-electron chi connectivity index (χ1n) is 5.83. The molecule has 0 aromatic heterocycles. The number of sulfone groups is 1. The zero-order valence-corrected chi connectivity index (χ0v) is 12.2. The molecule has 0 spiro atoms. The Morgan fingerprint density at radius 1 is 1.35 bits per heavy atom. The highest BCUT2D eigenvalue weighted by molar-refractivity contribution is 7.90. The van der Waals surface area contributed by atoms with Crippen molar-refractivity contribution in [3.63, 3.8) is 0 Å². The van der Waals surface area contributed by atoms with Gasteiger partial charge in [-0.05, 0) is 18.6 Å². The van der Waals surface area contributed by atoms with E-state index in [0.717, 1.165) is 0 Å². The summed E-state index contributed by atoms with van der Waals surface area (Å²) >= 11 is 0. The van der Waals surface area contributed by atoms with Crippen LogP contribution in [0.2, 0.25) is 0 Å². The van der Waals surface area contributed by atoms with E-state index in [9.17, 15) is 8.42 Å². The third-order valence-corrected chi connectivity index (χ3v) is 3.48. The maximum Gasteiger partial charge on any atom is 0.170 e. The molecule has 0 bridgehead atoms. The van der Waals surface area contributed by atoms with Crippen LogP contribution in [0.3, 0.4) is 0 Å². The minimum Gasteiger partial charge on any atom is -0.497 e. The van der Waals surface area contributed by atoms with E-state index in [2.05, 4.69) is 5.16 Å². The van der Waals surface area contributed by atoms with Crippen molar-refractivity contribution in [1.82, 2.24) is 0 Å². The largest absolute Gasteiger partial charge is 0.497 e. The van der Waals surface area contributed by atoms with Crippen molar-refractivity contribution in [2.45, 2.75) is 6.42 Å². The van der Waals surface area contributed by atoms with Gasteiger partial charge in [0.15, 0.2) is 5.84 Å². The van der Waals surface area contributed by atoms with E-state index in [1.54, 1.807) is 18.2 Å². The summed E-state index contributed by atoms with van der Waals surface area (Å²) in [5.74, 6) is 0.945. The maximum atomic E-state index is 11.0. The fourth-order valence-corrected chi connectivity index (χ4v) is 2.13. The molecule has 1 aromatic carbocycles. The molecule has 20 heavy (non-hydrogen) atoms. The lowest BCUT2D eigenvalue weighted by Gasteiger charge is -2.10. The quantitative estimate of drug-likeness (QED) is 0.251. The van der Waals surface area contributed by atoms with Crippen LogP contribution in [0.4, 0.5) is 0 Å². The molecule has 7 nitrogen and oxygen atoms in total. The van der Waals surface area contributed by atoms with Gasteiger partial charge in [-0.15, -0.1) is 0 Å². The first kappa shape index (κ1) is 16.1. The second kappa shape index (κ2) is 6.99. The molecule has 0 aliphatic heterocycles. The summed E-state index contributed by atoms with van der Waals surface area (Å²) in [7, 11) is -1.51. The van der Waals surface area contributed by atoms with Gasteiger partial charge in [-0.1, -0.05) is 5.16 Å². The van der Waals surface area contributed by atoms with Gasteiger partial charge in [0.1, 0.15) is 21.3 Å². The highest BCUT2D eigenvalue weighted by atomic mass is 32.2. The van der Waals surface area contributed by atoms with Gasteiger partial charge in [-0.25, -0.2) is 8.42 Å². The number of nitrogens with two attached hydrogens (primary N) is 1. The van der Waals surface area contributed by atoms with Crippen LogP contribution in [0.5, 0.6) is 11.5 Å². The monoisotopic (exact) mass is 302 g/mol. The predicted octanol–water partition coefficient (Wildman–Crippen LogP) is 0.603. The van der Waals surface area contributed by atoms with Crippen molar-refractivity contribution in [2.24, 2.45) is 10.9 Å². The van der Waals surface area contributed by atoms with E-state index < -0.39 is 9.84 Å². The Labute approximate surface area is 117 Å². The highest BCUT2D eigenvalue weighted by Crippen LogP contribution is 2.22. The third-order valence-electron chi connectivity index (χ3n) is 2.45. The number of methoxy groups -OCH3 is 1. The lowest BCUT2D eigenvalue weighted by molar-refractivity contribution is 0.314. The number of rotatable bonds is 7. The van der Waals surface area contributed by atoms with Crippen molar-refractivity contribution in [3.05, 3.63) is 23.8 Å². The van der Waals surface area contributed by atoms with Gasteiger partial charge in [0.05, 0.1) is 19.5 Å². The Morgan fingerprint density at radius 3 is 2.55 bits per heavy atom. The number of nitrogens with zero attached hydrogens (tertiary/aromatic N) is 1. The summed E-state index contributed by atoms with van der Waals surface area (Å²) < 4.78 is 32.5. The first-order chi connectivity index (χ1) is 9.35. The molecule has 1 rings (SSSR count). The van der Waals surface area contributed by atoms with Crippen LogP contribution in [0.15, 0.2) is 23.4 Å². The van der Waals surface area contributed by atoms with Gasteiger partial charge in [0.25, 0.3) is 0 Å². The fraction of sp³-hybridized carbons (Fsp3) is 0.417. The molecule has 112 valence electrons. The number of oxime groups is 1. The van der Waals surface area contributed by atoms with E-state index in [0.29, 0.717) is 23.5 Å². The van der Waals surface area contributed by atoms with Crippen molar-refractivity contribution in [2.75, 3.05) is 25.7 Å². The van der Waals surface area contributed by atoms with Crippen molar-refractivity contribution in [1.29, 1.82) is 0 Å². The molecular formula is C12H18N2O5S. The standard InChI is InChI=1S/C12H18N2O5S/c1-18-10-6-9(12(13)14-15)7-11(8-10)19-4-3-5-20(2,16)17/h6-8,15H,3-5H2,1-2H3,(H2,13,14). The summed E-state index contributed by atoms with van der Waals surface area (Å²) in [6.07, 6.45) is 1.56. The summed E-state index contributed by atoms with van der Waals surface area (Å²) in [4.78, 5) is 0. The molecule has 3 N–H and O–H groups in total. The molecule has 0 radical (unpaired) electrons. The van der Waals surface area contributed by atoms with E-state index in [1.165, 1.54) is 13.4 Å². The average molecular weight is 302 g/mol. The summed E-state index contributed by atoms with van der Waals surface area (Å²) in [5, 5.41) is 11.6. The minimum atomic E-state index is -2.99. The Kier molecular flexibility index (Phi) is 5.63. The smallest absolute Gasteiger partial charge is 0.170 e. The molecule has 1 aromatic rings. The number of hydrogen-bond donors (Lipinski definition) is 2. The molecule has 0 saturated carbocycles. The minimum absolute atomic E-state index is 0.0596. The normalized spacial score (nSPS) is 12.2. The van der Waals surface area contributed by atoms with Crippen LogP contribution in [0, 0.1) is 0 Å². The second-order valence-corrected chi connectivity index (χ2v) is 6.47. The molecule has 0 saturated heterocycles. The van der Waals surface area contributed by atoms with Crippen molar-refractivity contribution >= 4 is 15.7 Å². The number of amidine groups is 1. The molecule has 0 atom stereocenters.